The summed E-state index contributed by atoms with van der Waals surface area (Å²) in [4.78, 5) is 25.1. The number of likely N-dealkylation sites (tertiary alicyclic amines) is 1. The van der Waals surface area contributed by atoms with Crippen molar-refractivity contribution in [3.63, 3.8) is 0 Å². The molecule has 2 heterocycles. The summed E-state index contributed by atoms with van der Waals surface area (Å²) in [6, 6.07) is 0. The van der Waals surface area contributed by atoms with Gasteiger partial charge in [-0.3, -0.25) is 9.59 Å². The van der Waals surface area contributed by atoms with Crippen LogP contribution in [0.25, 0.3) is 0 Å². The number of amides is 1. The van der Waals surface area contributed by atoms with E-state index in [2.05, 4.69) is 27.7 Å². The largest absolute Gasteiger partial charge is 0.465 e. The van der Waals surface area contributed by atoms with Gasteiger partial charge < -0.3 is 14.4 Å². The average Bonchev–Trinajstić information content (AvgIpc) is 3.27. The van der Waals surface area contributed by atoms with Crippen LogP contribution in [-0.2, 0) is 19.1 Å². The lowest BCUT2D eigenvalue weighted by Crippen LogP contribution is -2.58. The predicted octanol–water partition coefficient (Wildman–Crippen LogP) is 5.42. The number of hydrogen-bond donors (Lipinski definition) is 0. The molecule has 5 nitrogen and oxygen atoms in total. The summed E-state index contributed by atoms with van der Waals surface area (Å²) < 4.78 is 12.4. The molecule has 0 radical (unpaired) electrons. The van der Waals surface area contributed by atoms with Crippen molar-refractivity contribution in [2.45, 2.75) is 110 Å². The second-order valence-electron chi connectivity index (χ2n) is 13.8. The van der Waals surface area contributed by atoms with Gasteiger partial charge in [-0.2, -0.15) is 0 Å². The van der Waals surface area contributed by atoms with Gasteiger partial charge in [0.25, 0.3) is 6.47 Å². The van der Waals surface area contributed by atoms with E-state index < -0.39 is 0 Å². The maximum atomic E-state index is 12.1. The average molecular weight is 472 g/mol. The highest BCUT2D eigenvalue weighted by molar-refractivity contribution is 5.49. The van der Waals surface area contributed by atoms with E-state index in [1.807, 2.05) is 4.90 Å². The number of hydrogen-bond acceptors (Lipinski definition) is 4. The molecular weight excluding hydrogens is 426 g/mol. The van der Waals surface area contributed by atoms with Crippen LogP contribution in [0.4, 0.5) is 0 Å². The molecule has 34 heavy (non-hydrogen) atoms. The predicted molar refractivity (Wildman–Crippen MR) is 129 cm³/mol. The van der Waals surface area contributed by atoms with Crippen LogP contribution in [0.2, 0.25) is 0 Å². The van der Waals surface area contributed by atoms with Crippen LogP contribution in [0.1, 0.15) is 91.9 Å². The minimum Gasteiger partial charge on any atom is -0.465 e. The first-order valence-electron chi connectivity index (χ1n) is 14.3. The van der Waals surface area contributed by atoms with Crippen LogP contribution in [0.5, 0.6) is 0 Å². The SMILES string of the molecule is CC1CCC2(OC3CC4C5CCC6CC(OC=O)CCC6(C)C5CCC4(C)C3C2C)N(C=O)C1. The molecule has 6 fully saturated rings. The molecule has 4 saturated carbocycles. The maximum Gasteiger partial charge on any atom is 0.293 e. The van der Waals surface area contributed by atoms with Crippen LogP contribution in [0, 0.1) is 52.3 Å². The Morgan fingerprint density at radius 2 is 1.71 bits per heavy atom. The molecule has 0 aromatic rings. The fourth-order valence-electron chi connectivity index (χ4n) is 11.0. The van der Waals surface area contributed by atoms with Crippen molar-refractivity contribution >= 4 is 12.9 Å². The van der Waals surface area contributed by atoms with E-state index in [-0.39, 0.29) is 11.8 Å². The third-order valence-electron chi connectivity index (χ3n) is 12.7. The number of carbonyl (C=O) groups excluding carboxylic acids is 2. The van der Waals surface area contributed by atoms with Gasteiger partial charge in [0.15, 0.2) is 0 Å². The molecule has 0 aromatic heterocycles. The molecule has 4 aliphatic carbocycles. The van der Waals surface area contributed by atoms with Crippen molar-refractivity contribution in [3.8, 4) is 0 Å². The fraction of sp³-hybridized carbons (Fsp3) is 0.931. The number of fused-ring (bicyclic) bond motifs is 7. The van der Waals surface area contributed by atoms with Gasteiger partial charge in [0.1, 0.15) is 11.8 Å². The Balaban J connectivity index is 1.24. The molecule has 0 N–H and O–H groups in total. The van der Waals surface area contributed by atoms with Crippen molar-refractivity contribution in [2.24, 2.45) is 52.3 Å². The Labute approximate surface area is 205 Å². The Hall–Kier alpha value is -1.10. The summed E-state index contributed by atoms with van der Waals surface area (Å²) in [5.41, 5.74) is 0.356. The molecule has 12 unspecified atom stereocenters. The molecule has 12 atom stereocenters. The van der Waals surface area contributed by atoms with Gasteiger partial charge in [0.05, 0.1) is 6.10 Å². The molecule has 190 valence electrons. The van der Waals surface area contributed by atoms with Crippen molar-refractivity contribution in [1.82, 2.24) is 4.90 Å². The smallest absolute Gasteiger partial charge is 0.293 e. The normalized spacial score (nSPS) is 56.2. The number of piperidine rings is 1. The number of carbonyl (C=O) groups is 2. The zero-order valence-electron chi connectivity index (χ0n) is 21.7. The minimum atomic E-state index is -0.366. The third kappa shape index (κ3) is 3.00. The molecule has 2 saturated heterocycles. The minimum absolute atomic E-state index is 0.135. The van der Waals surface area contributed by atoms with Gasteiger partial charge in [0.2, 0.25) is 6.41 Å². The topological polar surface area (TPSA) is 55.8 Å². The van der Waals surface area contributed by atoms with Crippen LogP contribution >= 0.6 is 0 Å². The number of nitrogens with zero attached hydrogens (tertiary/aromatic N) is 1. The van der Waals surface area contributed by atoms with Gasteiger partial charge in [-0.05, 0) is 111 Å². The standard InChI is InChI=1S/C29H45NO4/c1-18-7-12-29(30(15-18)16-31)19(2)26-25(34-29)14-24-22-6-5-20-13-21(33-17-32)8-10-27(20,3)23(22)9-11-28(24,26)4/h16-26H,5-15H2,1-4H3. The molecule has 0 aromatic carbocycles. The van der Waals surface area contributed by atoms with Gasteiger partial charge in [-0.1, -0.05) is 27.7 Å². The zero-order chi connectivity index (χ0) is 23.9. The maximum absolute atomic E-state index is 12.1. The first kappa shape index (κ1) is 23.3. The quantitative estimate of drug-likeness (QED) is 0.516. The summed E-state index contributed by atoms with van der Waals surface area (Å²) in [5.74, 6) is 4.58. The summed E-state index contributed by atoms with van der Waals surface area (Å²) in [7, 11) is 0. The lowest BCUT2D eigenvalue weighted by atomic mass is 9.44. The Kier molecular flexibility index (Phi) is 5.45. The Morgan fingerprint density at radius 1 is 0.912 bits per heavy atom. The van der Waals surface area contributed by atoms with Crippen LogP contribution in [-0.4, -0.2) is 42.3 Å². The summed E-state index contributed by atoms with van der Waals surface area (Å²) in [6.07, 6.45) is 13.4. The molecule has 0 bridgehead atoms. The fourth-order valence-corrected chi connectivity index (χ4v) is 11.0. The monoisotopic (exact) mass is 471 g/mol. The van der Waals surface area contributed by atoms with Gasteiger partial charge in [-0.15, -0.1) is 0 Å². The Morgan fingerprint density at radius 3 is 2.47 bits per heavy atom. The Bertz CT molecular complexity index is 833. The molecular formula is C29H45NO4. The summed E-state index contributed by atoms with van der Waals surface area (Å²) in [5, 5.41) is 0. The highest BCUT2D eigenvalue weighted by atomic mass is 16.5. The van der Waals surface area contributed by atoms with E-state index >= 15 is 0 Å². The second kappa shape index (κ2) is 7.95. The first-order chi connectivity index (χ1) is 16.3. The van der Waals surface area contributed by atoms with Crippen LogP contribution < -0.4 is 0 Å². The van der Waals surface area contributed by atoms with Gasteiger partial charge in [-0.25, -0.2) is 0 Å². The number of ether oxygens (including phenoxy) is 2. The van der Waals surface area contributed by atoms with E-state index in [9.17, 15) is 9.59 Å². The van der Waals surface area contributed by atoms with E-state index in [1.165, 1.54) is 38.5 Å². The van der Waals surface area contributed by atoms with Crippen molar-refractivity contribution in [2.75, 3.05) is 6.54 Å². The lowest BCUT2D eigenvalue weighted by Gasteiger charge is -2.61. The van der Waals surface area contributed by atoms with Crippen molar-refractivity contribution < 1.29 is 19.1 Å². The van der Waals surface area contributed by atoms with E-state index in [0.717, 1.165) is 56.4 Å². The number of rotatable bonds is 3. The molecule has 6 aliphatic rings. The van der Waals surface area contributed by atoms with E-state index in [1.54, 1.807) is 0 Å². The molecule has 6 rings (SSSR count). The zero-order valence-corrected chi connectivity index (χ0v) is 21.7. The highest BCUT2D eigenvalue weighted by Crippen LogP contribution is 2.71. The summed E-state index contributed by atoms with van der Waals surface area (Å²) in [6.45, 7) is 11.3. The lowest BCUT2D eigenvalue weighted by molar-refractivity contribution is -0.194. The van der Waals surface area contributed by atoms with E-state index in [4.69, 9.17) is 9.47 Å². The molecule has 2 aliphatic heterocycles. The summed E-state index contributed by atoms with van der Waals surface area (Å²) >= 11 is 0. The van der Waals surface area contributed by atoms with Crippen molar-refractivity contribution in [3.05, 3.63) is 0 Å². The van der Waals surface area contributed by atoms with Gasteiger partial charge >= 0.3 is 0 Å². The van der Waals surface area contributed by atoms with Gasteiger partial charge in [0, 0.05) is 12.5 Å². The first-order valence-corrected chi connectivity index (χ1v) is 14.3. The highest BCUT2D eigenvalue weighted by Gasteiger charge is 2.69. The third-order valence-corrected chi connectivity index (χ3v) is 12.7. The molecule has 5 heteroatoms. The van der Waals surface area contributed by atoms with Crippen LogP contribution in [0.15, 0.2) is 0 Å². The van der Waals surface area contributed by atoms with Crippen molar-refractivity contribution in [1.29, 1.82) is 0 Å². The molecule has 1 spiro atoms. The molecule has 1 amide bonds. The second-order valence-corrected chi connectivity index (χ2v) is 13.8. The van der Waals surface area contributed by atoms with Crippen LogP contribution in [0.3, 0.4) is 0 Å². The van der Waals surface area contributed by atoms with E-state index in [0.29, 0.717) is 47.1 Å².